The van der Waals surface area contributed by atoms with E-state index in [4.69, 9.17) is 4.74 Å². The molecule has 2 nitrogen and oxygen atoms in total. The smallest absolute Gasteiger partial charge is 0.373 e. The van der Waals surface area contributed by atoms with Gasteiger partial charge in [-0.05, 0) is 38.1 Å². The quantitative estimate of drug-likeness (QED) is 0.857. The second kappa shape index (κ2) is 5.88. The maximum Gasteiger partial charge on any atom is 0.416 e. The first-order valence-electron chi connectivity index (χ1n) is 6.15. The highest BCUT2D eigenvalue weighted by Crippen LogP contribution is 2.30. The average Bonchev–Trinajstić information content (AvgIpc) is 2.37. The zero-order valence-corrected chi connectivity index (χ0v) is 10.3. The standard InChI is InChI=1S/C13H15F4NO/c14-12-7-10(13(15,16)17)2-1-9(12)8-19-11-3-5-18-6-4-11/h1-2,7,11,18H,3-6,8H2. The molecule has 0 unspecified atom stereocenters. The Morgan fingerprint density at radius 3 is 2.47 bits per heavy atom. The van der Waals surface area contributed by atoms with Gasteiger partial charge in [-0.1, -0.05) is 6.07 Å². The van der Waals surface area contributed by atoms with Gasteiger partial charge in [-0.25, -0.2) is 4.39 Å². The highest BCUT2D eigenvalue weighted by molar-refractivity contribution is 5.25. The van der Waals surface area contributed by atoms with Crippen molar-refractivity contribution in [3.63, 3.8) is 0 Å². The van der Waals surface area contributed by atoms with E-state index in [9.17, 15) is 17.6 Å². The Balaban J connectivity index is 1.97. The van der Waals surface area contributed by atoms with Crippen molar-refractivity contribution in [3.8, 4) is 0 Å². The third-order valence-corrected chi connectivity index (χ3v) is 3.14. The fraction of sp³-hybridized carbons (Fsp3) is 0.538. The van der Waals surface area contributed by atoms with Crippen molar-refractivity contribution in [1.29, 1.82) is 0 Å². The van der Waals surface area contributed by atoms with Crippen LogP contribution in [0.2, 0.25) is 0 Å². The summed E-state index contributed by atoms with van der Waals surface area (Å²) in [5, 5.41) is 3.17. The maximum atomic E-state index is 13.5. The van der Waals surface area contributed by atoms with E-state index < -0.39 is 17.6 Å². The molecule has 19 heavy (non-hydrogen) atoms. The molecule has 1 aromatic carbocycles. The Morgan fingerprint density at radius 2 is 1.89 bits per heavy atom. The van der Waals surface area contributed by atoms with E-state index in [1.165, 1.54) is 0 Å². The zero-order valence-electron chi connectivity index (χ0n) is 10.3. The van der Waals surface area contributed by atoms with Gasteiger partial charge in [-0.3, -0.25) is 0 Å². The molecule has 0 bridgehead atoms. The SMILES string of the molecule is Fc1cc(C(F)(F)F)ccc1COC1CCNCC1. The van der Waals surface area contributed by atoms with Gasteiger partial charge in [0.2, 0.25) is 0 Å². The molecule has 0 radical (unpaired) electrons. The van der Waals surface area contributed by atoms with Crippen molar-refractivity contribution in [2.75, 3.05) is 13.1 Å². The van der Waals surface area contributed by atoms with Crippen LogP contribution in [-0.2, 0) is 17.5 Å². The Labute approximate surface area is 108 Å². The van der Waals surface area contributed by atoms with Gasteiger partial charge < -0.3 is 10.1 Å². The molecular formula is C13H15F4NO. The lowest BCUT2D eigenvalue weighted by atomic mass is 10.1. The maximum absolute atomic E-state index is 13.5. The number of rotatable bonds is 3. The minimum absolute atomic E-state index is 0.00857. The predicted octanol–water partition coefficient (Wildman–Crippen LogP) is 3.11. The van der Waals surface area contributed by atoms with Crippen LogP contribution in [0.15, 0.2) is 18.2 Å². The molecule has 1 aliphatic rings. The minimum Gasteiger partial charge on any atom is -0.373 e. The molecule has 0 saturated carbocycles. The summed E-state index contributed by atoms with van der Waals surface area (Å²) in [4.78, 5) is 0. The Morgan fingerprint density at radius 1 is 1.21 bits per heavy atom. The molecule has 0 aliphatic carbocycles. The van der Waals surface area contributed by atoms with Crippen molar-refractivity contribution in [2.24, 2.45) is 0 Å². The lowest BCUT2D eigenvalue weighted by Gasteiger charge is -2.23. The van der Waals surface area contributed by atoms with E-state index in [1.54, 1.807) is 0 Å². The van der Waals surface area contributed by atoms with Gasteiger partial charge in [0.1, 0.15) is 5.82 Å². The van der Waals surface area contributed by atoms with Crippen LogP contribution < -0.4 is 5.32 Å². The first-order chi connectivity index (χ1) is 8.97. The summed E-state index contributed by atoms with van der Waals surface area (Å²) < 4.78 is 56.2. The number of ether oxygens (including phenoxy) is 1. The normalized spacial score (nSPS) is 17.7. The molecule has 1 saturated heterocycles. The highest BCUT2D eigenvalue weighted by atomic mass is 19.4. The Bertz CT molecular complexity index is 427. The van der Waals surface area contributed by atoms with E-state index >= 15 is 0 Å². The van der Waals surface area contributed by atoms with Crippen LogP contribution in [0.3, 0.4) is 0 Å². The summed E-state index contributed by atoms with van der Waals surface area (Å²) in [5.41, 5.74) is -0.817. The largest absolute Gasteiger partial charge is 0.416 e. The molecule has 0 aromatic heterocycles. The van der Waals surface area contributed by atoms with Crippen molar-refractivity contribution >= 4 is 0 Å². The molecule has 1 heterocycles. The first kappa shape index (κ1) is 14.3. The monoisotopic (exact) mass is 277 g/mol. The van der Waals surface area contributed by atoms with Crippen molar-refractivity contribution in [2.45, 2.75) is 31.7 Å². The van der Waals surface area contributed by atoms with Gasteiger partial charge >= 0.3 is 6.18 Å². The molecule has 1 aliphatic heterocycles. The summed E-state index contributed by atoms with van der Waals surface area (Å²) in [6, 6.07) is 2.53. The van der Waals surface area contributed by atoms with Crippen LogP contribution in [0.1, 0.15) is 24.0 Å². The van der Waals surface area contributed by atoms with Crippen LogP contribution in [0.5, 0.6) is 0 Å². The zero-order chi connectivity index (χ0) is 13.9. The van der Waals surface area contributed by atoms with Gasteiger partial charge in [0.15, 0.2) is 0 Å². The molecule has 2 rings (SSSR count). The van der Waals surface area contributed by atoms with Crippen molar-refractivity contribution in [3.05, 3.63) is 35.1 Å². The van der Waals surface area contributed by atoms with E-state index in [2.05, 4.69) is 5.32 Å². The molecule has 1 N–H and O–H groups in total. The molecule has 106 valence electrons. The van der Waals surface area contributed by atoms with Gasteiger partial charge in [0.05, 0.1) is 18.3 Å². The number of hydrogen-bond acceptors (Lipinski definition) is 2. The molecular weight excluding hydrogens is 262 g/mol. The number of piperidine rings is 1. The number of benzene rings is 1. The van der Waals surface area contributed by atoms with E-state index in [-0.39, 0.29) is 18.3 Å². The third kappa shape index (κ3) is 3.91. The van der Waals surface area contributed by atoms with Gasteiger partial charge in [-0.2, -0.15) is 13.2 Å². The summed E-state index contributed by atoms with van der Waals surface area (Å²) in [7, 11) is 0. The summed E-state index contributed by atoms with van der Waals surface area (Å²) in [6.07, 6.45) is -2.80. The lowest BCUT2D eigenvalue weighted by Crippen LogP contribution is -2.32. The molecule has 0 spiro atoms. The number of halogens is 4. The lowest BCUT2D eigenvalue weighted by molar-refractivity contribution is -0.137. The number of alkyl halides is 3. The van der Waals surface area contributed by atoms with E-state index in [0.717, 1.165) is 38.1 Å². The van der Waals surface area contributed by atoms with Gasteiger partial charge in [-0.15, -0.1) is 0 Å². The van der Waals surface area contributed by atoms with Gasteiger partial charge in [0.25, 0.3) is 0 Å². The fourth-order valence-electron chi connectivity index (χ4n) is 2.01. The Hall–Kier alpha value is -1.14. The van der Waals surface area contributed by atoms with Crippen molar-refractivity contribution in [1.82, 2.24) is 5.32 Å². The Kier molecular flexibility index (Phi) is 4.42. The summed E-state index contributed by atoms with van der Waals surface area (Å²) in [6.45, 7) is 1.70. The molecule has 0 amide bonds. The second-order valence-corrected chi connectivity index (χ2v) is 4.56. The second-order valence-electron chi connectivity index (χ2n) is 4.56. The minimum atomic E-state index is -4.52. The molecule has 1 fully saturated rings. The van der Waals surface area contributed by atoms with Crippen LogP contribution in [0, 0.1) is 5.82 Å². The van der Waals surface area contributed by atoms with Crippen LogP contribution in [-0.4, -0.2) is 19.2 Å². The highest BCUT2D eigenvalue weighted by Gasteiger charge is 2.31. The number of nitrogens with one attached hydrogen (secondary N) is 1. The molecule has 0 atom stereocenters. The van der Waals surface area contributed by atoms with Crippen LogP contribution in [0.25, 0.3) is 0 Å². The molecule has 1 aromatic rings. The average molecular weight is 277 g/mol. The van der Waals surface area contributed by atoms with E-state index in [1.807, 2.05) is 0 Å². The molecule has 6 heteroatoms. The first-order valence-corrected chi connectivity index (χ1v) is 6.15. The topological polar surface area (TPSA) is 21.3 Å². The fourth-order valence-corrected chi connectivity index (χ4v) is 2.01. The van der Waals surface area contributed by atoms with Crippen LogP contribution in [0.4, 0.5) is 17.6 Å². The number of hydrogen-bond donors (Lipinski definition) is 1. The predicted molar refractivity (Wildman–Crippen MR) is 62.1 cm³/mol. The summed E-state index contributed by atoms with van der Waals surface area (Å²) in [5.74, 6) is -0.872. The van der Waals surface area contributed by atoms with Gasteiger partial charge in [0, 0.05) is 5.56 Å². The van der Waals surface area contributed by atoms with Crippen LogP contribution >= 0.6 is 0 Å². The summed E-state index contributed by atoms with van der Waals surface area (Å²) >= 11 is 0. The third-order valence-electron chi connectivity index (χ3n) is 3.14. The van der Waals surface area contributed by atoms with Crippen molar-refractivity contribution < 1.29 is 22.3 Å². The van der Waals surface area contributed by atoms with E-state index in [0.29, 0.717) is 6.07 Å².